The van der Waals surface area contributed by atoms with E-state index in [0.29, 0.717) is 19.4 Å². The topological polar surface area (TPSA) is 96.4 Å². The average molecular weight is 497 g/mol. The van der Waals surface area contributed by atoms with Crippen molar-refractivity contribution in [2.45, 2.75) is 57.0 Å². The zero-order valence-electron chi connectivity index (χ0n) is 21.0. The van der Waals surface area contributed by atoms with Gasteiger partial charge in [0.25, 0.3) is 0 Å². The van der Waals surface area contributed by atoms with Crippen LogP contribution in [0.3, 0.4) is 0 Å². The van der Waals surface area contributed by atoms with Crippen LogP contribution in [0.5, 0.6) is 0 Å². The highest BCUT2D eigenvalue weighted by atomic mass is 16.6. The lowest BCUT2D eigenvalue weighted by Gasteiger charge is -2.40. The Morgan fingerprint density at radius 2 is 2.00 bits per heavy atom. The van der Waals surface area contributed by atoms with Crippen LogP contribution in [0.2, 0.25) is 0 Å². The lowest BCUT2D eigenvalue weighted by molar-refractivity contribution is -0.156. The zero-order valence-corrected chi connectivity index (χ0v) is 21.0. The van der Waals surface area contributed by atoms with Gasteiger partial charge in [-0.15, -0.1) is 6.58 Å². The Labute approximate surface area is 212 Å². The van der Waals surface area contributed by atoms with Gasteiger partial charge in [0.1, 0.15) is 18.2 Å². The normalized spacial score (nSPS) is 29.2. The number of nitrogens with zero attached hydrogens (tertiary/aromatic N) is 2. The molecule has 3 fully saturated rings. The molecule has 1 spiro atoms. The molecular weight excluding hydrogens is 460 g/mol. The third-order valence-corrected chi connectivity index (χ3v) is 7.78. The van der Waals surface area contributed by atoms with Crippen LogP contribution in [0.25, 0.3) is 0 Å². The molecule has 8 nitrogen and oxygen atoms in total. The van der Waals surface area contributed by atoms with E-state index in [9.17, 15) is 19.5 Å². The second kappa shape index (κ2) is 10.6. The summed E-state index contributed by atoms with van der Waals surface area (Å²) in [6, 6.07) is 8.06. The fraction of sp³-hybridized carbons (Fsp3) is 0.536. The Bertz CT molecular complexity index is 1010. The van der Waals surface area contributed by atoms with Crippen LogP contribution >= 0.6 is 0 Å². The van der Waals surface area contributed by atoms with Gasteiger partial charge in [0.15, 0.2) is 0 Å². The largest absolute Gasteiger partial charge is 0.461 e. The molecule has 3 aliphatic rings. The Hall–Kier alpha value is -2.97. The second-order valence-electron chi connectivity index (χ2n) is 10.2. The Balaban J connectivity index is 1.76. The predicted octanol–water partition coefficient (Wildman–Crippen LogP) is 2.32. The maximum absolute atomic E-state index is 14.3. The first-order valence-electron chi connectivity index (χ1n) is 12.6. The summed E-state index contributed by atoms with van der Waals surface area (Å²) in [6.45, 7) is 11.6. The third kappa shape index (κ3) is 4.26. The number of fused-ring (bicyclic) bond motifs is 1. The highest BCUT2D eigenvalue weighted by molar-refractivity contribution is 5.98. The summed E-state index contributed by atoms with van der Waals surface area (Å²) in [5.41, 5.74) is -0.197. The van der Waals surface area contributed by atoms with Crippen molar-refractivity contribution in [1.82, 2.24) is 9.80 Å². The maximum Gasteiger partial charge on any atom is 0.312 e. The van der Waals surface area contributed by atoms with E-state index in [1.807, 2.05) is 44.2 Å². The molecule has 3 aliphatic heterocycles. The Morgan fingerprint density at radius 3 is 2.61 bits per heavy atom. The molecule has 0 aromatic heterocycles. The van der Waals surface area contributed by atoms with Crippen LogP contribution in [-0.2, 0) is 30.4 Å². The SMILES string of the molecule is C=CCOC(=O)[C@@H]1[C@@H]2CCC3(O2)C(C(=O)N(CC=C)Cc2ccccc2)N([C@@H](CO)C(C)C)C(=O)[C@H]13. The van der Waals surface area contributed by atoms with Crippen molar-refractivity contribution in [3.05, 3.63) is 61.2 Å². The van der Waals surface area contributed by atoms with E-state index < -0.39 is 41.6 Å². The van der Waals surface area contributed by atoms with Gasteiger partial charge in [-0.05, 0) is 24.3 Å². The number of carbonyl (C=O) groups excluding carboxylic acids is 3. The molecule has 2 amide bonds. The van der Waals surface area contributed by atoms with Crippen molar-refractivity contribution in [1.29, 1.82) is 0 Å². The number of rotatable bonds is 11. The minimum atomic E-state index is -1.14. The molecule has 3 heterocycles. The van der Waals surface area contributed by atoms with Crippen molar-refractivity contribution in [3.63, 3.8) is 0 Å². The van der Waals surface area contributed by atoms with Gasteiger partial charge in [-0.3, -0.25) is 14.4 Å². The summed E-state index contributed by atoms with van der Waals surface area (Å²) >= 11 is 0. The number of ether oxygens (including phenoxy) is 2. The molecule has 2 unspecified atom stereocenters. The van der Waals surface area contributed by atoms with E-state index in [1.54, 1.807) is 11.0 Å². The minimum absolute atomic E-state index is 0.0392. The highest BCUT2D eigenvalue weighted by Crippen LogP contribution is 2.59. The van der Waals surface area contributed by atoms with Gasteiger partial charge in [0.05, 0.1) is 30.6 Å². The summed E-state index contributed by atoms with van der Waals surface area (Å²) in [5, 5.41) is 10.3. The van der Waals surface area contributed by atoms with Crippen molar-refractivity contribution in [2.24, 2.45) is 17.8 Å². The van der Waals surface area contributed by atoms with Gasteiger partial charge < -0.3 is 24.4 Å². The first kappa shape index (κ1) is 26.1. The van der Waals surface area contributed by atoms with E-state index in [-0.39, 0.29) is 37.5 Å². The van der Waals surface area contributed by atoms with Gasteiger partial charge in [-0.2, -0.15) is 0 Å². The summed E-state index contributed by atoms with van der Waals surface area (Å²) in [4.78, 5) is 44.5. The van der Waals surface area contributed by atoms with Crippen LogP contribution in [-0.4, -0.2) is 76.2 Å². The lowest BCUT2D eigenvalue weighted by Crippen LogP contribution is -2.59. The van der Waals surface area contributed by atoms with E-state index in [1.165, 1.54) is 11.0 Å². The molecule has 1 N–H and O–H groups in total. The monoisotopic (exact) mass is 496 g/mol. The quantitative estimate of drug-likeness (QED) is 0.373. The molecule has 2 bridgehead atoms. The average Bonchev–Trinajstić information content (AvgIpc) is 3.51. The maximum atomic E-state index is 14.3. The Morgan fingerprint density at radius 1 is 1.28 bits per heavy atom. The fourth-order valence-corrected chi connectivity index (χ4v) is 6.22. The number of aliphatic hydroxyl groups is 1. The van der Waals surface area contributed by atoms with E-state index >= 15 is 0 Å². The zero-order chi connectivity index (χ0) is 26.0. The Kier molecular flexibility index (Phi) is 7.66. The van der Waals surface area contributed by atoms with Gasteiger partial charge in [-0.1, -0.05) is 62.9 Å². The molecule has 1 aromatic carbocycles. The number of hydrogen-bond donors (Lipinski definition) is 1. The van der Waals surface area contributed by atoms with E-state index in [0.717, 1.165) is 5.56 Å². The summed E-state index contributed by atoms with van der Waals surface area (Å²) in [5.74, 6) is -2.85. The number of benzene rings is 1. The summed E-state index contributed by atoms with van der Waals surface area (Å²) in [7, 11) is 0. The number of carbonyl (C=O) groups is 3. The molecule has 0 saturated carbocycles. The van der Waals surface area contributed by atoms with Crippen molar-refractivity contribution in [2.75, 3.05) is 19.8 Å². The number of hydrogen-bond acceptors (Lipinski definition) is 6. The molecular formula is C28H36N2O6. The molecule has 0 radical (unpaired) electrons. The van der Waals surface area contributed by atoms with Crippen LogP contribution in [0.15, 0.2) is 55.6 Å². The van der Waals surface area contributed by atoms with Crippen molar-refractivity contribution < 1.29 is 29.0 Å². The molecule has 194 valence electrons. The van der Waals surface area contributed by atoms with Gasteiger partial charge in [0.2, 0.25) is 11.8 Å². The molecule has 4 rings (SSSR count). The highest BCUT2D eigenvalue weighted by Gasteiger charge is 2.75. The standard InChI is InChI=1S/C28H36N2O6/c1-5-14-29(16-19-10-8-7-9-11-19)26(33)24-28-13-12-21(36-28)22(27(34)35-15-6-2)23(28)25(32)30(24)20(17-31)18(3)4/h5-11,18,20-24,31H,1-2,12-17H2,3-4H3/t20-,21-,22+,23-,24?,28?/m0/s1. The first-order chi connectivity index (χ1) is 17.3. The predicted molar refractivity (Wildman–Crippen MR) is 133 cm³/mol. The molecule has 8 heteroatoms. The first-order valence-corrected chi connectivity index (χ1v) is 12.6. The van der Waals surface area contributed by atoms with Gasteiger partial charge >= 0.3 is 5.97 Å². The second-order valence-corrected chi connectivity index (χ2v) is 10.2. The van der Waals surface area contributed by atoms with Crippen molar-refractivity contribution in [3.8, 4) is 0 Å². The van der Waals surface area contributed by atoms with Gasteiger partial charge in [-0.25, -0.2) is 0 Å². The number of amides is 2. The molecule has 3 saturated heterocycles. The molecule has 0 aliphatic carbocycles. The molecule has 1 aromatic rings. The minimum Gasteiger partial charge on any atom is -0.461 e. The summed E-state index contributed by atoms with van der Waals surface area (Å²) in [6.07, 6.45) is 3.69. The lowest BCUT2D eigenvalue weighted by atomic mass is 9.70. The number of esters is 1. The van der Waals surface area contributed by atoms with E-state index in [2.05, 4.69) is 13.2 Å². The van der Waals surface area contributed by atoms with Crippen LogP contribution in [0.4, 0.5) is 0 Å². The van der Waals surface area contributed by atoms with Crippen LogP contribution < -0.4 is 0 Å². The smallest absolute Gasteiger partial charge is 0.312 e. The summed E-state index contributed by atoms with van der Waals surface area (Å²) < 4.78 is 11.8. The fourth-order valence-electron chi connectivity index (χ4n) is 6.22. The van der Waals surface area contributed by atoms with Crippen molar-refractivity contribution >= 4 is 17.8 Å². The number of aliphatic hydroxyl groups excluding tert-OH is 1. The third-order valence-electron chi connectivity index (χ3n) is 7.78. The molecule has 36 heavy (non-hydrogen) atoms. The molecule has 6 atom stereocenters. The van der Waals surface area contributed by atoms with Crippen LogP contribution in [0, 0.1) is 17.8 Å². The number of likely N-dealkylation sites (tertiary alicyclic amines) is 1. The van der Waals surface area contributed by atoms with E-state index in [4.69, 9.17) is 9.47 Å². The van der Waals surface area contributed by atoms with Crippen LogP contribution in [0.1, 0.15) is 32.3 Å². The van der Waals surface area contributed by atoms with Gasteiger partial charge in [0, 0.05) is 13.1 Å².